The molecule has 0 aliphatic carbocycles. The number of halogens is 1. The van der Waals surface area contributed by atoms with E-state index in [-0.39, 0.29) is 18.4 Å². The van der Waals surface area contributed by atoms with Crippen molar-refractivity contribution in [1.29, 1.82) is 0 Å². The number of carbonyl (C=O) groups excluding carboxylic acids is 1. The minimum absolute atomic E-state index is 0. The summed E-state index contributed by atoms with van der Waals surface area (Å²) < 4.78 is 0. The summed E-state index contributed by atoms with van der Waals surface area (Å²) in [6.07, 6.45) is 4.72. The van der Waals surface area contributed by atoms with Crippen LogP contribution in [0.25, 0.3) is 0 Å². The maximum Gasteiger partial charge on any atom is 0.239 e. The molecule has 1 amide bonds. The lowest BCUT2D eigenvalue weighted by atomic mass is 10.0. The maximum atomic E-state index is 11.6. The Kier molecular flexibility index (Phi) is 4.00. The van der Waals surface area contributed by atoms with Crippen molar-refractivity contribution in [3.63, 3.8) is 0 Å². The van der Waals surface area contributed by atoms with Crippen LogP contribution in [0.4, 0.5) is 0 Å². The second-order valence-electron chi connectivity index (χ2n) is 3.68. The molecular formula is C9H17ClN2O. The van der Waals surface area contributed by atoms with E-state index in [1.54, 1.807) is 0 Å². The zero-order chi connectivity index (χ0) is 8.39. The van der Waals surface area contributed by atoms with E-state index in [2.05, 4.69) is 5.32 Å². The van der Waals surface area contributed by atoms with Crippen molar-refractivity contribution < 1.29 is 4.79 Å². The minimum atomic E-state index is 0. The van der Waals surface area contributed by atoms with Gasteiger partial charge in [-0.3, -0.25) is 4.79 Å². The number of nitrogens with zero attached hydrogens (tertiary/aromatic N) is 1. The van der Waals surface area contributed by atoms with Crippen molar-refractivity contribution in [3.05, 3.63) is 0 Å². The van der Waals surface area contributed by atoms with Gasteiger partial charge in [0.1, 0.15) is 0 Å². The molecule has 13 heavy (non-hydrogen) atoms. The molecule has 0 aromatic rings. The molecule has 0 aromatic heterocycles. The van der Waals surface area contributed by atoms with Gasteiger partial charge in [0.15, 0.2) is 0 Å². The van der Waals surface area contributed by atoms with Gasteiger partial charge in [0.05, 0.1) is 6.04 Å². The second kappa shape index (κ2) is 4.82. The third-order valence-corrected chi connectivity index (χ3v) is 2.79. The number of nitrogens with one attached hydrogen (secondary N) is 1. The molecule has 2 saturated heterocycles. The fraction of sp³-hybridized carbons (Fsp3) is 0.889. The van der Waals surface area contributed by atoms with Gasteiger partial charge in [0.2, 0.25) is 5.91 Å². The van der Waals surface area contributed by atoms with Crippen LogP contribution in [0.3, 0.4) is 0 Å². The minimum Gasteiger partial charge on any atom is -0.341 e. The van der Waals surface area contributed by atoms with Crippen LogP contribution < -0.4 is 5.32 Å². The number of carbonyl (C=O) groups is 1. The number of amides is 1. The van der Waals surface area contributed by atoms with Crippen molar-refractivity contribution >= 4 is 18.3 Å². The molecule has 0 aromatic carbocycles. The Morgan fingerprint density at radius 1 is 1.23 bits per heavy atom. The maximum absolute atomic E-state index is 11.6. The summed E-state index contributed by atoms with van der Waals surface area (Å²) >= 11 is 0. The highest BCUT2D eigenvalue weighted by Crippen LogP contribution is 2.13. The van der Waals surface area contributed by atoms with E-state index >= 15 is 0 Å². The predicted octanol–water partition coefficient (Wildman–Crippen LogP) is 0.783. The highest BCUT2D eigenvalue weighted by molar-refractivity contribution is 5.85. The highest BCUT2D eigenvalue weighted by atomic mass is 35.5. The van der Waals surface area contributed by atoms with Crippen LogP contribution in [0.5, 0.6) is 0 Å². The van der Waals surface area contributed by atoms with Crippen LogP contribution in [0.15, 0.2) is 0 Å². The summed E-state index contributed by atoms with van der Waals surface area (Å²) in [6.45, 7) is 2.98. The summed E-state index contributed by atoms with van der Waals surface area (Å²) in [4.78, 5) is 13.7. The average Bonchev–Trinajstić information content (AvgIpc) is 2.03. The highest BCUT2D eigenvalue weighted by Gasteiger charge is 2.29. The van der Waals surface area contributed by atoms with Crippen molar-refractivity contribution in [2.75, 3.05) is 19.6 Å². The quantitative estimate of drug-likeness (QED) is 0.685. The summed E-state index contributed by atoms with van der Waals surface area (Å²) in [6, 6.07) is 0.156. The molecule has 2 heterocycles. The van der Waals surface area contributed by atoms with Crippen LogP contribution in [0.2, 0.25) is 0 Å². The standard InChI is InChI=1S/C9H16N2O.ClH/c12-9(8-4-5-10-8)11-6-2-1-3-7-11;/h8,10H,1-7H2;1H/t8-;/m1./s1. The summed E-state index contributed by atoms with van der Waals surface area (Å²) in [7, 11) is 0. The Morgan fingerprint density at radius 2 is 1.85 bits per heavy atom. The predicted molar refractivity (Wildman–Crippen MR) is 54.1 cm³/mol. The largest absolute Gasteiger partial charge is 0.341 e. The SMILES string of the molecule is Cl.O=C([C@H]1CCN1)N1CCCCC1. The van der Waals surface area contributed by atoms with Gasteiger partial charge in [0.25, 0.3) is 0 Å². The third-order valence-electron chi connectivity index (χ3n) is 2.79. The first-order chi connectivity index (χ1) is 5.88. The fourth-order valence-corrected chi connectivity index (χ4v) is 1.83. The Hall–Kier alpha value is -0.280. The van der Waals surface area contributed by atoms with Gasteiger partial charge in [-0.25, -0.2) is 0 Å². The van der Waals surface area contributed by atoms with Crippen molar-refractivity contribution in [3.8, 4) is 0 Å². The summed E-state index contributed by atoms with van der Waals surface area (Å²) in [5.74, 6) is 0.334. The molecule has 1 atom stereocenters. The Labute approximate surface area is 85.3 Å². The van der Waals surface area contributed by atoms with Crippen molar-refractivity contribution in [1.82, 2.24) is 10.2 Å². The zero-order valence-corrected chi connectivity index (χ0v) is 8.61. The van der Waals surface area contributed by atoms with Crippen LogP contribution >= 0.6 is 12.4 Å². The molecule has 2 fully saturated rings. The molecule has 2 rings (SSSR count). The van der Waals surface area contributed by atoms with E-state index in [1.165, 1.54) is 19.3 Å². The Balaban J connectivity index is 0.000000845. The van der Waals surface area contributed by atoms with E-state index in [9.17, 15) is 4.79 Å². The third kappa shape index (κ3) is 2.35. The molecule has 0 spiro atoms. The molecule has 76 valence electrons. The number of hydrogen-bond acceptors (Lipinski definition) is 2. The molecule has 1 N–H and O–H groups in total. The summed E-state index contributed by atoms with van der Waals surface area (Å²) in [5.41, 5.74) is 0. The van der Waals surface area contributed by atoms with Gasteiger partial charge in [0, 0.05) is 13.1 Å². The number of piperidine rings is 1. The second-order valence-corrected chi connectivity index (χ2v) is 3.68. The Bertz CT molecular complexity index is 176. The normalized spacial score (nSPS) is 27.4. The molecule has 2 aliphatic heterocycles. The van der Waals surface area contributed by atoms with Crippen LogP contribution in [0.1, 0.15) is 25.7 Å². The lowest BCUT2D eigenvalue weighted by molar-refractivity contribution is -0.136. The first kappa shape index (κ1) is 10.8. The summed E-state index contributed by atoms with van der Waals surface area (Å²) in [5, 5.41) is 3.15. The lowest BCUT2D eigenvalue weighted by Crippen LogP contribution is -2.55. The van der Waals surface area contributed by atoms with Gasteiger partial charge < -0.3 is 10.2 Å². The number of likely N-dealkylation sites (tertiary alicyclic amines) is 1. The average molecular weight is 205 g/mol. The van der Waals surface area contributed by atoms with Crippen molar-refractivity contribution in [2.45, 2.75) is 31.7 Å². The van der Waals surface area contributed by atoms with Crippen LogP contribution in [-0.2, 0) is 4.79 Å². The zero-order valence-electron chi connectivity index (χ0n) is 7.79. The fourth-order valence-electron chi connectivity index (χ4n) is 1.83. The van der Waals surface area contributed by atoms with Gasteiger partial charge in [-0.1, -0.05) is 0 Å². The lowest BCUT2D eigenvalue weighted by Gasteiger charge is -2.34. The Morgan fingerprint density at radius 3 is 2.31 bits per heavy atom. The number of rotatable bonds is 1. The van der Waals surface area contributed by atoms with Gasteiger partial charge in [-0.2, -0.15) is 0 Å². The first-order valence-corrected chi connectivity index (χ1v) is 4.90. The molecular weight excluding hydrogens is 188 g/mol. The van der Waals surface area contributed by atoms with Crippen molar-refractivity contribution in [2.24, 2.45) is 0 Å². The van der Waals surface area contributed by atoms with Gasteiger partial charge in [-0.05, 0) is 32.2 Å². The van der Waals surface area contributed by atoms with E-state index in [1.807, 2.05) is 4.90 Å². The smallest absolute Gasteiger partial charge is 0.239 e. The molecule has 2 aliphatic rings. The molecule has 0 radical (unpaired) electrons. The van der Waals surface area contributed by atoms with Crippen LogP contribution in [-0.4, -0.2) is 36.5 Å². The molecule has 0 bridgehead atoms. The molecule has 3 nitrogen and oxygen atoms in total. The van der Waals surface area contributed by atoms with Gasteiger partial charge in [-0.15, -0.1) is 12.4 Å². The van der Waals surface area contributed by atoms with Crippen LogP contribution in [0, 0.1) is 0 Å². The van der Waals surface area contributed by atoms with E-state index in [0.29, 0.717) is 5.91 Å². The van der Waals surface area contributed by atoms with E-state index in [4.69, 9.17) is 0 Å². The molecule has 4 heteroatoms. The van der Waals surface area contributed by atoms with E-state index < -0.39 is 0 Å². The monoisotopic (exact) mass is 204 g/mol. The number of hydrogen-bond donors (Lipinski definition) is 1. The topological polar surface area (TPSA) is 32.3 Å². The molecule has 0 unspecified atom stereocenters. The van der Waals surface area contributed by atoms with Gasteiger partial charge >= 0.3 is 0 Å². The van der Waals surface area contributed by atoms with E-state index in [0.717, 1.165) is 26.1 Å². The molecule has 0 saturated carbocycles. The first-order valence-electron chi connectivity index (χ1n) is 4.90.